The van der Waals surface area contributed by atoms with Gasteiger partial charge in [-0.3, -0.25) is 15.8 Å². The summed E-state index contributed by atoms with van der Waals surface area (Å²) in [5, 5.41) is 0. The van der Waals surface area contributed by atoms with Crippen molar-refractivity contribution >= 4 is 23.9 Å². The van der Waals surface area contributed by atoms with Gasteiger partial charge in [-0.2, -0.15) is 0 Å². The molecule has 1 aliphatic rings. The molecule has 0 saturated carbocycles. The Bertz CT molecular complexity index is 332. The number of nitrogens with zero attached hydrogens (tertiary/aromatic N) is 1. The van der Waals surface area contributed by atoms with Crippen LogP contribution in [0.2, 0.25) is 0 Å². The fourth-order valence-electron chi connectivity index (χ4n) is 1.42. The van der Waals surface area contributed by atoms with Crippen molar-refractivity contribution in [2.45, 2.75) is 19.8 Å². The monoisotopic (exact) mass is 225 g/mol. The minimum absolute atomic E-state index is 0. The summed E-state index contributed by atoms with van der Waals surface area (Å²) in [7, 11) is 0. The van der Waals surface area contributed by atoms with E-state index in [0.717, 1.165) is 30.9 Å². The van der Waals surface area contributed by atoms with E-state index in [2.05, 4.69) is 47.0 Å². The molecule has 0 aromatic heterocycles. The van der Waals surface area contributed by atoms with E-state index in [0.29, 0.717) is 0 Å². The molecule has 4 heteroatoms. The highest BCUT2D eigenvalue weighted by atomic mass is 35.5. The van der Waals surface area contributed by atoms with Gasteiger partial charge in [-0.1, -0.05) is 17.7 Å². The Morgan fingerprint density at radius 1 is 1.13 bits per heavy atom. The SMILES string of the molecule is Cc1ccc(NNC2=NCCC2)cc1.Cl. The molecule has 0 amide bonds. The second-order valence-electron chi connectivity index (χ2n) is 3.55. The van der Waals surface area contributed by atoms with Crippen LogP contribution in [0, 0.1) is 6.92 Å². The summed E-state index contributed by atoms with van der Waals surface area (Å²) in [6.07, 6.45) is 2.22. The first kappa shape index (κ1) is 11.9. The van der Waals surface area contributed by atoms with Gasteiger partial charge in [0.2, 0.25) is 0 Å². The Morgan fingerprint density at radius 2 is 1.87 bits per heavy atom. The first-order chi connectivity index (χ1) is 6.84. The Kier molecular flexibility index (Phi) is 4.43. The smallest absolute Gasteiger partial charge is 0.115 e. The zero-order valence-corrected chi connectivity index (χ0v) is 9.60. The third-order valence-corrected chi connectivity index (χ3v) is 2.28. The quantitative estimate of drug-likeness (QED) is 0.759. The lowest BCUT2D eigenvalue weighted by Gasteiger charge is -2.08. The number of aryl methyl sites for hydroxylation is 1. The van der Waals surface area contributed by atoms with E-state index in [9.17, 15) is 0 Å². The summed E-state index contributed by atoms with van der Waals surface area (Å²) >= 11 is 0. The molecule has 1 aliphatic heterocycles. The van der Waals surface area contributed by atoms with Crippen LogP contribution >= 0.6 is 12.4 Å². The van der Waals surface area contributed by atoms with Gasteiger partial charge in [-0.15, -0.1) is 12.4 Å². The number of halogens is 1. The highest BCUT2D eigenvalue weighted by Crippen LogP contribution is 2.08. The number of hydrazine groups is 1. The molecule has 0 spiro atoms. The molecule has 0 fully saturated rings. The molecule has 15 heavy (non-hydrogen) atoms. The predicted molar refractivity (Wildman–Crippen MR) is 66.7 cm³/mol. The van der Waals surface area contributed by atoms with Gasteiger partial charge < -0.3 is 0 Å². The first-order valence-electron chi connectivity index (χ1n) is 4.96. The zero-order chi connectivity index (χ0) is 9.80. The third kappa shape index (κ3) is 3.44. The highest BCUT2D eigenvalue weighted by Gasteiger charge is 2.04. The zero-order valence-electron chi connectivity index (χ0n) is 8.79. The lowest BCUT2D eigenvalue weighted by Crippen LogP contribution is -2.27. The summed E-state index contributed by atoms with van der Waals surface area (Å²) in [4.78, 5) is 4.31. The van der Waals surface area contributed by atoms with E-state index in [1.807, 2.05) is 0 Å². The standard InChI is InChI=1S/C11H15N3.ClH/c1-9-4-6-10(7-5-9)13-14-11-3-2-8-12-11;/h4-7,13H,2-3,8H2,1H3,(H,12,14);1H. The van der Waals surface area contributed by atoms with E-state index < -0.39 is 0 Å². The third-order valence-electron chi connectivity index (χ3n) is 2.28. The summed E-state index contributed by atoms with van der Waals surface area (Å²) in [5.74, 6) is 1.06. The van der Waals surface area contributed by atoms with Crippen LogP contribution in [0.1, 0.15) is 18.4 Å². The lowest BCUT2D eigenvalue weighted by atomic mass is 10.2. The topological polar surface area (TPSA) is 36.4 Å². The molecule has 1 aromatic rings. The van der Waals surface area contributed by atoms with Crippen molar-refractivity contribution in [3.8, 4) is 0 Å². The second-order valence-corrected chi connectivity index (χ2v) is 3.55. The van der Waals surface area contributed by atoms with Crippen LogP contribution in [0.5, 0.6) is 0 Å². The second kappa shape index (κ2) is 5.61. The minimum Gasteiger partial charge on any atom is -0.300 e. The minimum atomic E-state index is 0. The van der Waals surface area contributed by atoms with Crippen molar-refractivity contribution in [2.75, 3.05) is 12.0 Å². The molecule has 82 valence electrons. The Labute approximate surface area is 96.4 Å². The molecule has 0 radical (unpaired) electrons. The number of nitrogens with one attached hydrogen (secondary N) is 2. The summed E-state index contributed by atoms with van der Waals surface area (Å²) in [6.45, 7) is 3.04. The fraction of sp³-hybridized carbons (Fsp3) is 0.364. The number of rotatable bonds is 2. The Hall–Kier alpha value is -1.22. The molecule has 0 atom stereocenters. The molecule has 3 nitrogen and oxygen atoms in total. The fourth-order valence-corrected chi connectivity index (χ4v) is 1.42. The van der Waals surface area contributed by atoms with Crippen LogP contribution in [-0.4, -0.2) is 12.4 Å². The molecule has 2 N–H and O–H groups in total. The number of hydrogen-bond donors (Lipinski definition) is 2. The Morgan fingerprint density at radius 3 is 2.47 bits per heavy atom. The number of hydrogen-bond acceptors (Lipinski definition) is 3. The Balaban J connectivity index is 0.00000112. The number of anilines is 1. The average molecular weight is 226 g/mol. The molecule has 0 saturated heterocycles. The van der Waals surface area contributed by atoms with Crippen LogP contribution in [0.3, 0.4) is 0 Å². The van der Waals surface area contributed by atoms with Crippen molar-refractivity contribution in [2.24, 2.45) is 4.99 Å². The maximum absolute atomic E-state index is 4.31. The van der Waals surface area contributed by atoms with E-state index in [4.69, 9.17) is 0 Å². The molecule has 2 rings (SSSR count). The van der Waals surface area contributed by atoms with Gasteiger partial charge in [0, 0.05) is 13.0 Å². The number of benzene rings is 1. The van der Waals surface area contributed by atoms with Gasteiger partial charge in [0.15, 0.2) is 0 Å². The van der Waals surface area contributed by atoms with Crippen molar-refractivity contribution in [3.05, 3.63) is 29.8 Å². The number of amidine groups is 1. The van der Waals surface area contributed by atoms with E-state index in [-0.39, 0.29) is 12.4 Å². The summed E-state index contributed by atoms with van der Waals surface area (Å²) < 4.78 is 0. The van der Waals surface area contributed by atoms with Gasteiger partial charge in [0.25, 0.3) is 0 Å². The van der Waals surface area contributed by atoms with Crippen molar-refractivity contribution in [1.82, 2.24) is 5.43 Å². The summed E-state index contributed by atoms with van der Waals surface area (Å²) in [5.41, 5.74) is 8.60. The average Bonchev–Trinajstić information content (AvgIpc) is 2.70. The van der Waals surface area contributed by atoms with Crippen molar-refractivity contribution in [3.63, 3.8) is 0 Å². The van der Waals surface area contributed by atoms with Crippen LogP contribution in [0.25, 0.3) is 0 Å². The van der Waals surface area contributed by atoms with E-state index >= 15 is 0 Å². The summed E-state index contributed by atoms with van der Waals surface area (Å²) in [6, 6.07) is 8.27. The van der Waals surface area contributed by atoms with Crippen molar-refractivity contribution < 1.29 is 0 Å². The van der Waals surface area contributed by atoms with Crippen LogP contribution < -0.4 is 10.9 Å². The molecule has 1 aromatic carbocycles. The molecular weight excluding hydrogens is 210 g/mol. The van der Waals surface area contributed by atoms with Crippen molar-refractivity contribution in [1.29, 1.82) is 0 Å². The van der Waals surface area contributed by atoms with E-state index in [1.54, 1.807) is 0 Å². The molecule has 0 bridgehead atoms. The van der Waals surface area contributed by atoms with Crippen LogP contribution in [0.15, 0.2) is 29.3 Å². The molecular formula is C11H16ClN3. The van der Waals surface area contributed by atoms with Gasteiger partial charge in [0.05, 0.1) is 5.69 Å². The highest BCUT2D eigenvalue weighted by molar-refractivity contribution is 5.85. The molecule has 0 unspecified atom stereocenters. The molecule has 0 aliphatic carbocycles. The van der Waals surface area contributed by atoms with Gasteiger partial charge in [0.1, 0.15) is 5.84 Å². The maximum Gasteiger partial charge on any atom is 0.115 e. The lowest BCUT2D eigenvalue weighted by molar-refractivity contribution is 0.944. The van der Waals surface area contributed by atoms with Crippen LogP contribution in [-0.2, 0) is 0 Å². The predicted octanol–water partition coefficient (Wildman–Crippen LogP) is 2.53. The van der Waals surface area contributed by atoms with Gasteiger partial charge >= 0.3 is 0 Å². The first-order valence-corrected chi connectivity index (χ1v) is 4.96. The molecule has 1 heterocycles. The van der Waals surface area contributed by atoms with Gasteiger partial charge in [-0.25, -0.2) is 0 Å². The maximum atomic E-state index is 4.31. The van der Waals surface area contributed by atoms with Gasteiger partial charge in [-0.05, 0) is 25.5 Å². The van der Waals surface area contributed by atoms with Crippen LogP contribution in [0.4, 0.5) is 5.69 Å². The normalized spacial score (nSPS) is 14.1. The van der Waals surface area contributed by atoms with E-state index in [1.165, 1.54) is 5.56 Å². The number of aliphatic imine (C=N–C) groups is 1. The largest absolute Gasteiger partial charge is 0.300 e.